The van der Waals surface area contributed by atoms with Crippen molar-refractivity contribution < 1.29 is 53.5 Å². The number of nitrogens with zero attached hydrogens (tertiary/aromatic N) is 8. The first-order valence-electron chi connectivity index (χ1n) is 29.1. The van der Waals surface area contributed by atoms with Gasteiger partial charge in [-0.15, -0.1) is 0 Å². The molecule has 4 aromatic carbocycles. The topological polar surface area (TPSA) is 239 Å². The summed E-state index contributed by atoms with van der Waals surface area (Å²) in [6, 6.07) is 31.2. The van der Waals surface area contributed by atoms with Crippen LogP contribution in [0.4, 0.5) is 20.2 Å². The number of aromatic nitrogens is 6. The molecule has 0 saturated heterocycles. The average Bonchev–Trinajstić information content (AvgIpc) is 1.90. The molecule has 0 spiro atoms. The van der Waals surface area contributed by atoms with Gasteiger partial charge in [-0.25, -0.2) is 40.6 Å². The van der Waals surface area contributed by atoms with Crippen molar-refractivity contribution in [2.45, 2.75) is 32.4 Å². The van der Waals surface area contributed by atoms with E-state index in [9.17, 15) is 26.4 Å². The standard InChI is InChI=1S/C67H54F2N10O10S2/c1-70-65(80)59-44-26-42(48-14-11-35-16-18-78-50-9-7-8-46(68)40(50)28-54(78)61(35)74-48)51(76(3)90(5,82)83)30-56(44)88-63(59)37-10-13-39(72-32-37)22-34-23-47(69)41-29-55-62-36(17-19-79(55)53(41)24-34)12-15-49(75-62)43-27-45-57(31-52(43)77(4)91(6,84)85)89-64(60(45)66(81)71-2)38-25-58-67(73-33-38)87-21-20-86-58/h7-15,23-33H,16-22H2,1-6H3,(H,70,80)(H,71,81). The van der Waals surface area contributed by atoms with Crippen molar-refractivity contribution in [2.24, 2.45) is 0 Å². The fourth-order valence-corrected chi connectivity index (χ4v) is 13.8. The maximum absolute atomic E-state index is 16.6. The molecule has 2 amide bonds. The highest BCUT2D eigenvalue weighted by molar-refractivity contribution is 7.92. The van der Waals surface area contributed by atoms with Gasteiger partial charge in [0.1, 0.15) is 47.5 Å². The third-order valence-electron chi connectivity index (χ3n) is 17.5. The zero-order valence-corrected chi connectivity index (χ0v) is 51.4. The molecule has 24 heteroatoms. The number of aryl methyl sites for hydroxylation is 4. The fourth-order valence-electron chi connectivity index (χ4n) is 12.8. The minimum Gasteiger partial charge on any atom is -0.484 e. The molecule has 0 atom stereocenters. The normalized spacial score (nSPS) is 13.5. The number of hydrogen-bond donors (Lipinski definition) is 2. The summed E-state index contributed by atoms with van der Waals surface area (Å²) in [7, 11) is -1.85. The molecular formula is C67H54F2N10O10S2. The molecule has 3 aliphatic heterocycles. The first kappa shape index (κ1) is 57.0. The lowest BCUT2D eigenvalue weighted by molar-refractivity contribution is 0.0956. The summed E-state index contributed by atoms with van der Waals surface area (Å²) in [5, 5.41) is 7.07. The molecule has 0 saturated carbocycles. The minimum atomic E-state index is -3.86. The Balaban J connectivity index is 0.768. The number of rotatable bonds is 12. The van der Waals surface area contributed by atoms with Crippen LogP contribution in [-0.4, -0.2) is 112 Å². The Kier molecular flexibility index (Phi) is 13.2. The smallest absolute Gasteiger partial charge is 0.257 e. The zero-order valence-electron chi connectivity index (χ0n) is 49.7. The Morgan fingerprint density at radius 3 is 1.70 bits per heavy atom. The van der Waals surface area contributed by atoms with Gasteiger partial charge in [0.2, 0.25) is 20.0 Å². The molecule has 15 rings (SSSR count). The first-order chi connectivity index (χ1) is 43.7. The van der Waals surface area contributed by atoms with Crippen molar-refractivity contribution in [1.82, 2.24) is 39.7 Å². The van der Waals surface area contributed by atoms with Gasteiger partial charge in [-0.05, 0) is 108 Å². The Hall–Kier alpha value is -10.5. The van der Waals surface area contributed by atoms with Crippen LogP contribution in [0.15, 0.2) is 130 Å². The highest BCUT2D eigenvalue weighted by Crippen LogP contribution is 2.46. The van der Waals surface area contributed by atoms with E-state index in [1.54, 1.807) is 72.9 Å². The van der Waals surface area contributed by atoms with Gasteiger partial charge < -0.3 is 38.1 Å². The summed E-state index contributed by atoms with van der Waals surface area (Å²) < 4.78 is 116. The van der Waals surface area contributed by atoms with E-state index in [2.05, 4.69) is 15.6 Å². The predicted octanol–water partition coefficient (Wildman–Crippen LogP) is 10.9. The lowest BCUT2D eigenvalue weighted by Gasteiger charge is -2.23. The van der Waals surface area contributed by atoms with Crippen molar-refractivity contribution in [1.29, 1.82) is 0 Å². The van der Waals surface area contributed by atoms with Gasteiger partial charge in [0.15, 0.2) is 5.75 Å². The van der Waals surface area contributed by atoms with Gasteiger partial charge in [0, 0.05) is 122 Å². The van der Waals surface area contributed by atoms with E-state index in [0.29, 0.717) is 140 Å². The molecule has 11 heterocycles. The molecule has 2 N–H and O–H groups in total. The number of anilines is 2. The molecule has 0 unspecified atom stereocenters. The van der Waals surface area contributed by atoms with Crippen LogP contribution in [-0.2, 0) is 52.4 Å². The van der Waals surface area contributed by atoms with Gasteiger partial charge in [-0.2, -0.15) is 0 Å². The van der Waals surface area contributed by atoms with E-state index < -0.39 is 37.7 Å². The zero-order chi connectivity index (χ0) is 63.1. The monoisotopic (exact) mass is 1260 g/mol. The van der Waals surface area contributed by atoms with Crippen molar-refractivity contribution in [3.8, 4) is 79.6 Å². The molecule has 3 aliphatic rings. The molecule has 458 valence electrons. The average molecular weight is 1260 g/mol. The van der Waals surface area contributed by atoms with Crippen molar-refractivity contribution >= 4 is 87.0 Å². The lowest BCUT2D eigenvalue weighted by atomic mass is 9.98. The van der Waals surface area contributed by atoms with E-state index in [1.807, 2.05) is 39.5 Å². The number of hydrogen-bond acceptors (Lipinski definition) is 14. The molecule has 20 nitrogen and oxygen atoms in total. The SMILES string of the molecule is CNC(=O)c1c(-c2ccc(Cc3cc(F)c4cc5n(c4c3)CCc3ccc(-c4cc6c(C(=O)NC)c(-c7cnc8c(c7)OCCO8)oc6cc4N(C)S(C)(=O)=O)nc3-5)nc2)oc2cc(N(C)S(C)(=O)=O)c(-c3ccc4c(n3)-c3cc5c(F)cccc5n3CC4)cc12. The largest absolute Gasteiger partial charge is 0.484 e. The fraction of sp³-hybridized carbons (Fsp3) is 0.194. The molecule has 0 fully saturated rings. The lowest BCUT2D eigenvalue weighted by Crippen LogP contribution is -2.25. The Labute approximate surface area is 518 Å². The summed E-state index contributed by atoms with van der Waals surface area (Å²) in [5.74, 6) is -0.683. The van der Waals surface area contributed by atoms with Crippen molar-refractivity contribution in [3.05, 3.63) is 167 Å². The van der Waals surface area contributed by atoms with E-state index in [1.165, 1.54) is 46.5 Å². The number of carbonyl (C=O) groups is 2. The number of halogens is 2. The van der Waals surface area contributed by atoms with Crippen LogP contribution in [0.2, 0.25) is 0 Å². The van der Waals surface area contributed by atoms with Crippen LogP contribution in [0.5, 0.6) is 11.6 Å². The minimum absolute atomic E-state index is 0.181. The Morgan fingerprint density at radius 2 is 1.14 bits per heavy atom. The van der Waals surface area contributed by atoms with Gasteiger partial charge in [0.05, 0.1) is 80.2 Å². The highest BCUT2D eigenvalue weighted by atomic mass is 32.2. The number of carbonyl (C=O) groups excluding carboxylic acids is 2. The molecule has 0 aliphatic carbocycles. The van der Waals surface area contributed by atoms with Gasteiger partial charge in [-0.3, -0.25) is 23.2 Å². The first-order valence-corrected chi connectivity index (χ1v) is 32.8. The van der Waals surface area contributed by atoms with Crippen LogP contribution in [0.1, 0.15) is 43.1 Å². The van der Waals surface area contributed by atoms with E-state index >= 15 is 8.78 Å². The van der Waals surface area contributed by atoms with Crippen molar-refractivity contribution in [2.75, 3.05) is 62.5 Å². The maximum Gasteiger partial charge on any atom is 0.257 e. The molecular weight excluding hydrogens is 1210 g/mol. The van der Waals surface area contributed by atoms with Crippen LogP contribution in [0, 0.1) is 11.6 Å². The quantitative estimate of drug-likeness (QED) is 0.116. The van der Waals surface area contributed by atoms with Crippen LogP contribution in [0.25, 0.3) is 112 Å². The number of sulfonamides is 2. The number of furan rings is 2. The summed E-state index contributed by atoms with van der Waals surface area (Å²) >= 11 is 0. The number of pyridine rings is 4. The molecule has 12 aromatic rings. The number of benzene rings is 4. The van der Waals surface area contributed by atoms with Crippen LogP contribution < -0.4 is 28.7 Å². The van der Waals surface area contributed by atoms with E-state index in [4.69, 9.17) is 33.3 Å². The number of fused-ring (bicyclic) bond motifs is 13. The second-order valence-electron chi connectivity index (χ2n) is 22.9. The van der Waals surface area contributed by atoms with Gasteiger partial charge >= 0.3 is 0 Å². The summed E-state index contributed by atoms with van der Waals surface area (Å²) in [6.45, 7) is 1.78. The summed E-state index contributed by atoms with van der Waals surface area (Å²) in [6.07, 6.45) is 6.69. The Bertz CT molecular complexity index is 5390. The predicted molar refractivity (Wildman–Crippen MR) is 342 cm³/mol. The molecule has 0 bridgehead atoms. The number of amides is 2. The molecule has 0 radical (unpaired) electrons. The molecule has 8 aromatic heterocycles. The second kappa shape index (κ2) is 21.1. The van der Waals surface area contributed by atoms with E-state index in [0.717, 1.165) is 43.5 Å². The molecule has 91 heavy (non-hydrogen) atoms. The third-order valence-corrected chi connectivity index (χ3v) is 19.8. The van der Waals surface area contributed by atoms with Gasteiger partial charge in [0.25, 0.3) is 17.7 Å². The van der Waals surface area contributed by atoms with Gasteiger partial charge in [-0.1, -0.05) is 18.2 Å². The van der Waals surface area contributed by atoms with Crippen LogP contribution >= 0.6 is 0 Å². The number of nitrogens with one attached hydrogen (secondary N) is 2. The summed E-state index contributed by atoms with van der Waals surface area (Å²) in [5.41, 5.74) is 10.8. The highest BCUT2D eigenvalue weighted by Gasteiger charge is 2.32. The Morgan fingerprint density at radius 1 is 0.593 bits per heavy atom. The van der Waals surface area contributed by atoms with Crippen molar-refractivity contribution in [3.63, 3.8) is 0 Å². The maximum atomic E-state index is 16.6. The van der Waals surface area contributed by atoms with Crippen LogP contribution in [0.3, 0.4) is 0 Å². The second-order valence-corrected chi connectivity index (χ2v) is 26.9. The third kappa shape index (κ3) is 9.40. The number of ether oxygens (including phenoxy) is 2. The summed E-state index contributed by atoms with van der Waals surface area (Å²) in [4.78, 5) is 47.4. The van der Waals surface area contributed by atoms with E-state index in [-0.39, 0.29) is 57.4 Å².